The van der Waals surface area contributed by atoms with E-state index in [1.807, 2.05) is 19.1 Å². The van der Waals surface area contributed by atoms with E-state index in [4.69, 9.17) is 4.74 Å². The monoisotopic (exact) mass is 351 g/mol. The summed E-state index contributed by atoms with van der Waals surface area (Å²) >= 11 is 0. The van der Waals surface area contributed by atoms with E-state index >= 15 is 0 Å². The lowest BCUT2D eigenvalue weighted by Gasteiger charge is -2.13. The van der Waals surface area contributed by atoms with Crippen molar-refractivity contribution in [2.45, 2.75) is 20.8 Å². The van der Waals surface area contributed by atoms with Gasteiger partial charge in [0.2, 0.25) is 0 Å². The van der Waals surface area contributed by atoms with Gasteiger partial charge in [-0.2, -0.15) is 9.97 Å². The van der Waals surface area contributed by atoms with Crippen LogP contribution in [0.25, 0.3) is 0 Å². The van der Waals surface area contributed by atoms with E-state index < -0.39 is 5.82 Å². The quantitative estimate of drug-likeness (QED) is 0.747. The number of nitrogens with zero attached hydrogens (tertiary/aromatic N) is 2. The van der Waals surface area contributed by atoms with Crippen molar-refractivity contribution in [2.75, 3.05) is 5.32 Å². The molecule has 0 aliphatic rings. The number of hydrogen-bond acceptors (Lipinski definition) is 4. The number of hydrogen-bond donors (Lipinski definition) is 1. The lowest BCUT2D eigenvalue weighted by atomic mass is 10.1. The van der Waals surface area contributed by atoms with Crippen LogP contribution < -0.4 is 10.1 Å². The molecule has 6 heteroatoms. The van der Waals surface area contributed by atoms with Gasteiger partial charge in [-0.15, -0.1) is 0 Å². The number of rotatable bonds is 4. The van der Waals surface area contributed by atoms with E-state index in [2.05, 4.69) is 15.3 Å². The number of anilines is 1. The zero-order valence-electron chi connectivity index (χ0n) is 14.7. The molecule has 0 saturated heterocycles. The van der Waals surface area contributed by atoms with Crippen molar-refractivity contribution in [2.24, 2.45) is 0 Å². The molecule has 0 spiro atoms. The van der Waals surface area contributed by atoms with Crippen molar-refractivity contribution in [1.82, 2.24) is 9.97 Å². The van der Waals surface area contributed by atoms with E-state index in [0.717, 1.165) is 5.56 Å². The van der Waals surface area contributed by atoms with Gasteiger partial charge in [0.1, 0.15) is 0 Å². The number of aryl methyl sites for hydroxylation is 3. The number of carbonyl (C=O) groups excluding carboxylic acids is 1. The minimum absolute atomic E-state index is 0.0265. The number of para-hydroxylation sites is 1. The lowest BCUT2D eigenvalue weighted by molar-refractivity contribution is 0.102. The number of aromatic nitrogens is 2. The molecule has 0 bridgehead atoms. The van der Waals surface area contributed by atoms with E-state index in [-0.39, 0.29) is 17.7 Å². The topological polar surface area (TPSA) is 64.1 Å². The number of nitrogens with one attached hydrogen (secondary N) is 1. The summed E-state index contributed by atoms with van der Waals surface area (Å²) in [5, 5.41) is 2.83. The van der Waals surface area contributed by atoms with Crippen LogP contribution in [0.4, 0.5) is 10.1 Å². The first-order valence-corrected chi connectivity index (χ1v) is 8.09. The van der Waals surface area contributed by atoms with Crippen LogP contribution in [0.15, 0.2) is 48.5 Å². The van der Waals surface area contributed by atoms with E-state index in [1.165, 1.54) is 12.1 Å². The van der Waals surface area contributed by atoms with Crippen LogP contribution in [0.1, 0.15) is 27.3 Å². The second-order valence-corrected chi connectivity index (χ2v) is 5.91. The van der Waals surface area contributed by atoms with Crippen molar-refractivity contribution in [3.05, 3.63) is 76.9 Å². The van der Waals surface area contributed by atoms with E-state index in [1.54, 1.807) is 38.1 Å². The maximum Gasteiger partial charge on any atom is 0.322 e. The molecule has 0 unspecified atom stereocenters. The molecule has 2 aromatic carbocycles. The number of amides is 1. The van der Waals surface area contributed by atoms with Gasteiger partial charge in [-0.1, -0.05) is 29.8 Å². The molecule has 5 nitrogen and oxygen atoms in total. The first-order chi connectivity index (χ1) is 12.4. The van der Waals surface area contributed by atoms with Crippen molar-refractivity contribution >= 4 is 11.6 Å². The Morgan fingerprint density at radius 1 is 1.00 bits per heavy atom. The molecular formula is C20H18FN3O2. The molecule has 0 saturated carbocycles. The molecule has 0 aliphatic heterocycles. The third-order valence-electron chi connectivity index (χ3n) is 3.81. The zero-order chi connectivity index (χ0) is 18.7. The Labute approximate surface area is 150 Å². The van der Waals surface area contributed by atoms with Crippen LogP contribution >= 0.6 is 0 Å². The molecule has 1 N–H and O–H groups in total. The maximum atomic E-state index is 13.7. The van der Waals surface area contributed by atoms with Gasteiger partial charge < -0.3 is 10.1 Å². The Kier molecular flexibility index (Phi) is 4.93. The van der Waals surface area contributed by atoms with Crippen LogP contribution in [0, 0.1) is 26.6 Å². The van der Waals surface area contributed by atoms with Gasteiger partial charge >= 0.3 is 6.01 Å². The Hall–Kier alpha value is -3.28. The predicted octanol–water partition coefficient (Wildman–Crippen LogP) is 4.59. The van der Waals surface area contributed by atoms with Crippen LogP contribution in [-0.4, -0.2) is 15.9 Å². The Balaban J connectivity index is 1.83. The summed E-state index contributed by atoms with van der Waals surface area (Å²) in [5.74, 6) is -0.697. The van der Waals surface area contributed by atoms with Gasteiger partial charge in [-0.05, 0) is 45.0 Å². The van der Waals surface area contributed by atoms with Gasteiger partial charge in [0.15, 0.2) is 11.6 Å². The van der Waals surface area contributed by atoms with Crippen LogP contribution in [-0.2, 0) is 0 Å². The highest BCUT2D eigenvalue weighted by atomic mass is 19.1. The van der Waals surface area contributed by atoms with Gasteiger partial charge in [0.05, 0.1) is 17.1 Å². The smallest absolute Gasteiger partial charge is 0.322 e. The highest BCUT2D eigenvalue weighted by Gasteiger charge is 2.15. The van der Waals surface area contributed by atoms with Gasteiger partial charge in [-0.25, -0.2) is 4.39 Å². The second-order valence-electron chi connectivity index (χ2n) is 5.91. The molecule has 26 heavy (non-hydrogen) atoms. The summed E-state index contributed by atoms with van der Waals surface area (Å²) in [4.78, 5) is 20.9. The molecule has 1 aromatic heterocycles. The summed E-state index contributed by atoms with van der Waals surface area (Å²) in [6, 6.07) is 13.3. The predicted molar refractivity (Wildman–Crippen MR) is 97.1 cm³/mol. The van der Waals surface area contributed by atoms with Crippen molar-refractivity contribution in [3.63, 3.8) is 0 Å². The van der Waals surface area contributed by atoms with Gasteiger partial charge in [0.25, 0.3) is 5.91 Å². The fourth-order valence-electron chi connectivity index (χ4n) is 2.51. The van der Waals surface area contributed by atoms with Gasteiger partial charge in [0, 0.05) is 5.56 Å². The summed E-state index contributed by atoms with van der Waals surface area (Å²) in [6.45, 7) is 5.38. The maximum absolute atomic E-state index is 13.7. The lowest BCUT2D eigenvalue weighted by Crippen LogP contribution is -2.15. The number of carbonyl (C=O) groups is 1. The van der Waals surface area contributed by atoms with Crippen LogP contribution in [0.5, 0.6) is 11.8 Å². The van der Waals surface area contributed by atoms with Crippen LogP contribution in [0.3, 0.4) is 0 Å². The fraction of sp³-hybridized carbons (Fsp3) is 0.150. The Bertz CT molecular complexity index is 950. The highest BCUT2D eigenvalue weighted by molar-refractivity contribution is 6.04. The summed E-state index contributed by atoms with van der Waals surface area (Å²) < 4.78 is 19.1. The van der Waals surface area contributed by atoms with Crippen molar-refractivity contribution in [1.29, 1.82) is 0 Å². The largest absolute Gasteiger partial charge is 0.421 e. The minimum Gasteiger partial charge on any atom is -0.421 e. The number of halogens is 1. The third kappa shape index (κ3) is 3.85. The minimum atomic E-state index is -0.497. The standard InChI is InChI=1S/C20H18FN3O2/c1-12-7-6-8-15(11-12)19(25)24-18-13(2)22-20(23-14(18)3)26-17-10-5-4-9-16(17)21/h4-11H,1-3H3,(H,24,25). The molecular weight excluding hydrogens is 333 g/mol. The summed E-state index contributed by atoms with van der Waals surface area (Å²) in [7, 11) is 0. The highest BCUT2D eigenvalue weighted by Crippen LogP contribution is 2.25. The third-order valence-corrected chi connectivity index (χ3v) is 3.81. The molecule has 0 aliphatic carbocycles. The average Bonchev–Trinajstić information content (AvgIpc) is 2.60. The fourth-order valence-corrected chi connectivity index (χ4v) is 2.51. The molecule has 1 amide bonds. The summed E-state index contributed by atoms with van der Waals surface area (Å²) in [5.41, 5.74) is 3.12. The first-order valence-electron chi connectivity index (χ1n) is 8.09. The molecule has 3 rings (SSSR count). The molecule has 1 heterocycles. The molecule has 3 aromatic rings. The number of ether oxygens (including phenoxy) is 1. The molecule has 0 radical (unpaired) electrons. The first kappa shape index (κ1) is 17.5. The SMILES string of the molecule is Cc1cccc(C(=O)Nc2c(C)nc(Oc3ccccc3F)nc2C)c1. The normalized spacial score (nSPS) is 10.5. The van der Waals surface area contributed by atoms with E-state index in [9.17, 15) is 9.18 Å². The van der Waals surface area contributed by atoms with Gasteiger partial charge in [-0.3, -0.25) is 4.79 Å². The van der Waals surface area contributed by atoms with Crippen molar-refractivity contribution < 1.29 is 13.9 Å². The Morgan fingerprint density at radius 2 is 1.69 bits per heavy atom. The van der Waals surface area contributed by atoms with Crippen molar-refractivity contribution in [3.8, 4) is 11.8 Å². The average molecular weight is 351 g/mol. The second kappa shape index (κ2) is 7.31. The van der Waals surface area contributed by atoms with E-state index in [0.29, 0.717) is 22.6 Å². The number of benzene rings is 2. The Morgan fingerprint density at radius 3 is 2.35 bits per heavy atom. The molecule has 0 fully saturated rings. The summed E-state index contributed by atoms with van der Waals surface area (Å²) in [6.07, 6.45) is 0. The molecule has 132 valence electrons. The molecule has 0 atom stereocenters. The van der Waals surface area contributed by atoms with Crippen LogP contribution in [0.2, 0.25) is 0 Å². The zero-order valence-corrected chi connectivity index (χ0v) is 14.7.